The lowest BCUT2D eigenvalue weighted by Gasteiger charge is -2.35. The summed E-state index contributed by atoms with van der Waals surface area (Å²) in [5, 5.41) is 0. The van der Waals surface area contributed by atoms with Gasteiger partial charge in [-0.3, -0.25) is 4.79 Å². The number of hydrogen-bond donors (Lipinski definition) is 0. The van der Waals surface area contributed by atoms with Crippen molar-refractivity contribution >= 4 is 23.2 Å². The molecule has 5 nitrogen and oxygen atoms in total. The fourth-order valence-electron chi connectivity index (χ4n) is 3.98. The van der Waals surface area contributed by atoms with Gasteiger partial charge in [0.05, 0.1) is 6.61 Å². The zero-order valence-corrected chi connectivity index (χ0v) is 19.2. The molecule has 28 heavy (non-hydrogen) atoms. The molecule has 0 bridgehead atoms. The second-order valence-electron chi connectivity index (χ2n) is 8.78. The number of Topliss-reactive ketones (excluding diaryl/α,β-unsaturated/α-hetero) is 1. The fraction of sp³-hybridized carbons (Fsp3) is 0.727. The third-order valence-electron chi connectivity index (χ3n) is 5.45. The Kier molecular flexibility index (Phi) is 7.68. The molecule has 2 rings (SSSR count). The summed E-state index contributed by atoms with van der Waals surface area (Å²) in [6, 6.07) is 0. The number of carbonyl (C=O) groups excluding carboxylic acids is 2. The van der Waals surface area contributed by atoms with Crippen LogP contribution in [0.15, 0.2) is 0 Å². The summed E-state index contributed by atoms with van der Waals surface area (Å²) in [4.78, 5) is 28.8. The second-order valence-corrected chi connectivity index (χ2v) is 9.92. The minimum atomic E-state index is -0.461. The van der Waals surface area contributed by atoms with Gasteiger partial charge in [0.25, 0.3) is 0 Å². The minimum Gasteiger partial charge on any atom is -0.444 e. The summed E-state index contributed by atoms with van der Waals surface area (Å²) in [6.45, 7) is 13.8. The van der Waals surface area contributed by atoms with Gasteiger partial charge in [0, 0.05) is 41.9 Å². The molecule has 0 aliphatic carbocycles. The Morgan fingerprint density at radius 1 is 1.25 bits per heavy atom. The number of ketones is 1. The average Bonchev–Trinajstić information content (AvgIpc) is 2.94. The number of likely N-dealkylation sites (tertiary alicyclic amines) is 1. The van der Waals surface area contributed by atoms with E-state index < -0.39 is 5.60 Å². The Morgan fingerprint density at radius 2 is 1.86 bits per heavy atom. The number of methoxy groups -OCH3 is 1. The molecule has 0 aromatic carbocycles. The number of ether oxygens (including phenoxy) is 2. The Hall–Kier alpha value is -1.40. The van der Waals surface area contributed by atoms with Gasteiger partial charge in [0.2, 0.25) is 0 Å². The van der Waals surface area contributed by atoms with Gasteiger partial charge in [-0.05, 0) is 64.9 Å². The third kappa shape index (κ3) is 5.57. The molecule has 0 spiro atoms. The van der Waals surface area contributed by atoms with Gasteiger partial charge >= 0.3 is 6.09 Å². The number of thiophene rings is 1. The van der Waals surface area contributed by atoms with Crippen molar-refractivity contribution in [3.8, 4) is 0 Å². The zero-order valence-electron chi connectivity index (χ0n) is 18.4. The molecule has 6 heteroatoms. The lowest BCUT2D eigenvalue weighted by molar-refractivity contribution is 0.0176. The van der Waals surface area contributed by atoms with Crippen LogP contribution in [0.4, 0.5) is 4.79 Å². The molecule has 1 aliphatic heterocycles. The number of carbonyl (C=O) groups is 2. The molecule has 1 saturated heterocycles. The Labute approximate surface area is 173 Å². The van der Waals surface area contributed by atoms with Gasteiger partial charge in [0.15, 0.2) is 5.78 Å². The highest BCUT2D eigenvalue weighted by atomic mass is 32.1. The molecule has 158 valence electrons. The van der Waals surface area contributed by atoms with Crippen molar-refractivity contribution in [2.24, 2.45) is 5.92 Å². The van der Waals surface area contributed by atoms with E-state index in [1.165, 1.54) is 4.88 Å². The third-order valence-corrected chi connectivity index (χ3v) is 7.01. The van der Waals surface area contributed by atoms with E-state index in [4.69, 9.17) is 9.47 Å². The van der Waals surface area contributed by atoms with Crippen molar-refractivity contribution in [1.82, 2.24) is 4.90 Å². The highest BCUT2D eigenvalue weighted by Crippen LogP contribution is 2.40. The largest absolute Gasteiger partial charge is 0.444 e. The molecule has 0 N–H and O–H groups in total. The first-order valence-corrected chi connectivity index (χ1v) is 11.0. The summed E-state index contributed by atoms with van der Waals surface area (Å²) in [5.74, 6) is 1.02. The van der Waals surface area contributed by atoms with Crippen LogP contribution in [0, 0.1) is 12.8 Å². The highest BCUT2D eigenvalue weighted by molar-refractivity contribution is 7.12. The van der Waals surface area contributed by atoms with Crippen LogP contribution < -0.4 is 0 Å². The first-order chi connectivity index (χ1) is 13.0. The summed E-state index contributed by atoms with van der Waals surface area (Å²) < 4.78 is 10.7. The van der Waals surface area contributed by atoms with Gasteiger partial charge < -0.3 is 14.4 Å². The molecule has 0 saturated carbocycles. The van der Waals surface area contributed by atoms with Crippen molar-refractivity contribution in [3.05, 3.63) is 20.9 Å². The maximum absolute atomic E-state index is 12.3. The monoisotopic (exact) mass is 409 g/mol. The van der Waals surface area contributed by atoms with Crippen molar-refractivity contribution in [2.45, 2.75) is 72.3 Å². The Bertz CT molecular complexity index is 696. The number of hydrogen-bond acceptors (Lipinski definition) is 5. The summed E-state index contributed by atoms with van der Waals surface area (Å²) in [7, 11) is 1.69. The topological polar surface area (TPSA) is 55.8 Å². The molecule has 1 amide bonds. The number of nitrogens with zero attached hydrogens (tertiary/aromatic N) is 1. The molecule has 0 unspecified atom stereocenters. The van der Waals surface area contributed by atoms with Crippen molar-refractivity contribution in [3.63, 3.8) is 0 Å². The van der Waals surface area contributed by atoms with Crippen LogP contribution in [0.3, 0.4) is 0 Å². The van der Waals surface area contributed by atoms with Crippen LogP contribution in [-0.2, 0) is 15.9 Å². The molecule has 1 aromatic rings. The molecule has 0 radical (unpaired) electrons. The first kappa shape index (κ1) is 22.9. The molecule has 2 heterocycles. The van der Waals surface area contributed by atoms with Crippen LogP contribution in [0.5, 0.6) is 0 Å². The van der Waals surface area contributed by atoms with E-state index in [1.807, 2.05) is 25.7 Å². The predicted molar refractivity (Wildman–Crippen MR) is 114 cm³/mol. The lowest BCUT2D eigenvalue weighted by Crippen LogP contribution is -2.42. The van der Waals surface area contributed by atoms with E-state index in [1.54, 1.807) is 25.4 Å². The van der Waals surface area contributed by atoms with Crippen LogP contribution in [-0.4, -0.2) is 49.2 Å². The van der Waals surface area contributed by atoms with Crippen molar-refractivity contribution < 1.29 is 19.1 Å². The van der Waals surface area contributed by atoms with Crippen LogP contribution in [0.2, 0.25) is 0 Å². The van der Waals surface area contributed by atoms with Gasteiger partial charge in [-0.25, -0.2) is 4.79 Å². The van der Waals surface area contributed by atoms with E-state index in [9.17, 15) is 9.59 Å². The maximum atomic E-state index is 12.3. The smallest absolute Gasteiger partial charge is 0.410 e. The fourth-order valence-corrected chi connectivity index (χ4v) is 5.46. The Balaban J connectivity index is 2.08. The van der Waals surface area contributed by atoms with E-state index >= 15 is 0 Å². The van der Waals surface area contributed by atoms with E-state index in [2.05, 4.69) is 13.8 Å². The van der Waals surface area contributed by atoms with Crippen LogP contribution >= 0.6 is 11.3 Å². The number of rotatable bonds is 6. The van der Waals surface area contributed by atoms with Gasteiger partial charge in [0.1, 0.15) is 5.60 Å². The summed E-state index contributed by atoms with van der Waals surface area (Å²) >= 11 is 1.77. The van der Waals surface area contributed by atoms with E-state index in [-0.39, 0.29) is 11.9 Å². The second kappa shape index (κ2) is 9.40. The SMILES string of the molecule is COCCc1sc([C@H](C)C2CCN(C(=O)OC(C)(C)C)CC2)c(C)c1C(C)=O. The average molecular weight is 410 g/mol. The molecular formula is C22H35NO4S. The standard InChI is InChI=1S/C22H35NO4S/c1-14(17-8-11-23(12-9-17)21(25)27-22(4,5)6)20-15(2)19(16(3)24)18(28-20)10-13-26-7/h14,17H,8-13H2,1-7H3/t14-/m1/s1. The van der Waals surface area contributed by atoms with Crippen LogP contribution in [0.1, 0.15) is 79.1 Å². The quantitative estimate of drug-likeness (QED) is 0.606. The molecular weight excluding hydrogens is 374 g/mol. The molecule has 1 aromatic heterocycles. The Morgan fingerprint density at radius 3 is 2.36 bits per heavy atom. The summed E-state index contributed by atoms with van der Waals surface area (Å²) in [6.07, 6.45) is 2.48. The lowest BCUT2D eigenvalue weighted by atomic mass is 9.83. The minimum absolute atomic E-state index is 0.137. The number of amides is 1. The normalized spacial score (nSPS) is 16.9. The van der Waals surface area contributed by atoms with Gasteiger partial charge in [-0.1, -0.05) is 6.92 Å². The van der Waals surface area contributed by atoms with Gasteiger partial charge in [-0.15, -0.1) is 11.3 Å². The van der Waals surface area contributed by atoms with E-state index in [0.29, 0.717) is 18.4 Å². The predicted octanol–water partition coefficient (Wildman–Crippen LogP) is 5.20. The molecule has 1 aliphatic rings. The first-order valence-electron chi connectivity index (χ1n) is 10.1. The van der Waals surface area contributed by atoms with Gasteiger partial charge in [-0.2, -0.15) is 0 Å². The maximum Gasteiger partial charge on any atom is 0.410 e. The van der Waals surface area contributed by atoms with Crippen LogP contribution in [0.25, 0.3) is 0 Å². The van der Waals surface area contributed by atoms with Crippen molar-refractivity contribution in [1.29, 1.82) is 0 Å². The van der Waals surface area contributed by atoms with E-state index in [0.717, 1.165) is 48.4 Å². The molecule has 1 fully saturated rings. The summed E-state index contributed by atoms with van der Waals surface area (Å²) in [5.41, 5.74) is 1.55. The van der Waals surface area contributed by atoms with Crippen molar-refractivity contribution in [2.75, 3.05) is 26.8 Å². The molecule has 1 atom stereocenters. The zero-order chi connectivity index (χ0) is 21.1. The number of piperidine rings is 1. The highest BCUT2D eigenvalue weighted by Gasteiger charge is 2.32.